The first-order chi connectivity index (χ1) is 9.54. The van der Waals surface area contributed by atoms with Crippen molar-refractivity contribution in [1.82, 2.24) is 9.99 Å². The summed E-state index contributed by atoms with van der Waals surface area (Å²) < 4.78 is 28.2. The highest BCUT2D eigenvalue weighted by molar-refractivity contribution is 6.31. The van der Waals surface area contributed by atoms with Gasteiger partial charge in [0.25, 0.3) is 0 Å². The minimum atomic E-state index is -2.98. The van der Waals surface area contributed by atoms with E-state index in [0.717, 1.165) is 10.5 Å². The monoisotopic (exact) mass is 325 g/mol. The molecular weight excluding hydrogens is 311 g/mol. The fraction of sp³-hybridized carbons (Fsp3) is 0.333. The zero-order valence-electron chi connectivity index (χ0n) is 11.2. The Labute approximate surface area is 126 Å². The predicted octanol–water partition coefficient (Wildman–Crippen LogP) is 4.30. The quantitative estimate of drug-likeness (QED) is 0.350. The Morgan fingerprint density at radius 2 is 2.15 bits per heavy atom. The standard InChI is InChI=1S/C10H9Cl2F2N3O.C2H6/c1-17(8(5-11)18-10(13)14)16-6-7-3-2-4-15-9(7)12;1-2/h2-6,10H,1H3;1-2H3/b8-5-,16-6+;. The van der Waals surface area contributed by atoms with Crippen LogP contribution in [0.2, 0.25) is 5.15 Å². The lowest BCUT2D eigenvalue weighted by atomic mass is 10.3. The summed E-state index contributed by atoms with van der Waals surface area (Å²) in [5, 5.41) is 5.15. The van der Waals surface area contributed by atoms with Crippen LogP contribution in [-0.2, 0) is 4.74 Å². The lowest BCUT2D eigenvalue weighted by molar-refractivity contribution is -0.115. The fourth-order valence-electron chi connectivity index (χ4n) is 0.964. The van der Waals surface area contributed by atoms with E-state index in [1.807, 2.05) is 13.8 Å². The van der Waals surface area contributed by atoms with Crippen LogP contribution in [0.3, 0.4) is 0 Å². The number of rotatable bonds is 5. The van der Waals surface area contributed by atoms with Gasteiger partial charge < -0.3 is 4.74 Å². The van der Waals surface area contributed by atoms with Crippen molar-refractivity contribution < 1.29 is 13.5 Å². The van der Waals surface area contributed by atoms with Gasteiger partial charge in [-0.05, 0) is 12.1 Å². The molecule has 0 saturated carbocycles. The number of halogens is 4. The topological polar surface area (TPSA) is 37.7 Å². The van der Waals surface area contributed by atoms with Gasteiger partial charge in [0.15, 0.2) is 0 Å². The average Bonchev–Trinajstić information content (AvgIpc) is 2.45. The Hall–Kier alpha value is -1.40. The minimum absolute atomic E-state index is 0.251. The average molecular weight is 326 g/mol. The smallest absolute Gasteiger partial charge is 0.388 e. The Balaban J connectivity index is 0.00000172. The lowest BCUT2D eigenvalue weighted by Gasteiger charge is -2.15. The van der Waals surface area contributed by atoms with Crippen LogP contribution in [0, 0.1) is 0 Å². The summed E-state index contributed by atoms with van der Waals surface area (Å²) in [4.78, 5) is 3.83. The molecule has 1 heterocycles. The van der Waals surface area contributed by atoms with E-state index in [9.17, 15) is 8.78 Å². The van der Waals surface area contributed by atoms with E-state index >= 15 is 0 Å². The summed E-state index contributed by atoms with van der Waals surface area (Å²) in [6.07, 6.45) is 2.87. The number of ether oxygens (including phenoxy) is 1. The second-order valence-electron chi connectivity index (χ2n) is 2.98. The van der Waals surface area contributed by atoms with E-state index in [4.69, 9.17) is 23.2 Å². The second-order valence-corrected chi connectivity index (χ2v) is 3.55. The van der Waals surface area contributed by atoms with Crippen molar-refractivity contribution >= 4 is 29.4 Å². The number of nitrogens with zero attached hydrogens (tertiary/aromatic N) is 3. The normalized spacial score (nSPS) is 11.3. The number of alkyl halides is 2. The number of aromatic nitrogens is 1. The van der Waals surface area contributed by atoms with E-state index in [0.29, 0.717) is 5.56 Å². The van der Waals surface area contributed by atoms with E-state index < -0.39 is 6.61 Å². The van der Waals surface area contributed by atoms with E-state index in [2.05, 4.69) is 14.8 Å². The number of hydrogen-bond donors (Lipinski definition) is 0. The molecule has 0 atom stereocenters. The lowest BCUT2D eigenvalue weighted by Crippen LogP contribution is -2.15. The maximum absolute atomic E-state index is 12.0. The summed E-state index contributed by atoms with van der Waals surface area (Å²) in [6.45, 7) is 1.02. The van der Waals surface area contributed by atoms with Crippen LogP contribution >= 0.6 is 23.2 Å². The van der Waals surface area contributed by atoms with Crippen molar-refractivity contribution in [1.29, 1.82) is 0 Å². The molecule has 0 saturated heterocycles. The van der Waals surface area contributed by atoms with Crippen LogP contribution in [0.15, 0.2) is 34.8 Å². The molecule has 0 aliphatic heterocycles. The van der Waals surface area contributed by atoms with Gasteiger partial charge in [-0.3, -0.25) is 0 Å². The minimum Gasteiger partial charge on any atom is -0.416 e. The highest BCUT2D eigenvalue weighted by Crippen LogP contribution is 2.13. The SMILES string of the molecule is CC.CN(/N=C/c1cccnc1Cl)/C(=C/Cl)OC(F)F. The third-order valence-electron chi connectivity index (χ3n) is 1.78. The first kappa shape index (κ1) is 18.6. The second kappa shape index (κ2) is 10.4. The molecule has 0 bridgehead atoms. The van der Waals surface area contributed by atoms with Crippen molar-refractivity contribution in [3.05, 3.63) is 40.5 Å². The Bertz CT molecular complexity index is 456. The summed E-state index contributed by atoms with van der Waals surface area (Å²) in [5.74, 6) is -0.289. The third-order valence-corrected chi connectivity index (χ3v) is 2.28. The first-order valence-electron chi connectivity index (χ1n) is 5.68. The van der Waals surface area contributed by atoms with E-state index in [1.165, 1.54) is 19.5 Å². The summed E-state index contributed by atoms with van der Waals surface area (Å²) in [6, 6.07) is 3.34. The van der Waals surface area contributed by atoms with Gasteiger partial charge in [-0.2, -0.15) is 13.9 Å². The van der Waals surface area contributed by atoms with E-state index in [1.54, 1.807) is 12.1 Å². The van der Waals surface area contributed by atoms with Gasteiger partial charge in [0.1, 0.15) is 5.15 Å². The predicted molar refractivity (Wildman–Crippen MR) is 77.0 cm³/mol. The molecule has 0 radical (unpaired) electrons. The zero-order valence-corrected chi connectivity index (χ0v) is 12.7. The van der Waals surface area contributed by atoms with Gasteiger partial charge in [-0.25, -0.2) is 9.99 Å². The summed E-state index contributed by atoms with van der Waals surface area (Å²) >= 11 is 11.1. The molecule has 0 fully saturated rings. The molecule has 0 amide bonds. The van der Waals surface area contributed by atoms with Crippen LogP contribution in [0.5, 0.6) is 0 Å². The van der Waals surface area contributed by atoms with Crippen molar-refractivity contribution in [2.24, 2.45) is 5.10 Å². The van der Waals surface area contributed by atoms with Crippen LogP contribution in [-0.4, -0.2) is 29.9 Å². The molecule has 0 N–H and O–H groups in total. The highest BCUT2D eigenvalue weighted by atomic mass is 35.5. The van der Waals surface area contributed by atoms with Gasteiger partial charge in [-0.1, -0.05) is 37.0 Å². The first-order valence-corrected chi connectivity index (χ1v) is 6.49. The Morgan fingerprint density at radius 3 is 2.65 bits per heavy atom. The van der Waals surface area contributed by atoms with Gasteiger partial charge in [-0.15, -0.1) is 0 Å². The van der Waals surface area contributed by atoms with Gasteiger partial charge >= 0.3 is 6.61 Å². The molecule has 0 aliphatic rings. The highest BCUT2D eigenvalue weighted by Gasteiger charge is 2.10. The maximum Gasteiger partial charge on any atom is 0.388 e. The molecular formula is C12H15Cl2F2N3O. The van der Waals surface area contributed by atoms with Gasteiger partial charge in [0.05, 0.1) is 11.7 Å². The molecule has 1 aromatic rings. The Kier molecular flexibility index (Phi) is 9.67. The van der Waals surface area contributed by atoms with Crippen molar-refractivity contribution in [2.45, 2.75) is 20.5 Å². The molecule has 4 nitrogen and oxygen atoms in total. The molecule has 0 aliphatic carbocycles. The Morgan fingerprint density at radius 1 is 1.50 bits per heavy atom. The maximum atomic E-state index is 12.0. The van der Waals surface area contributed by atoms with Crippen molar-refractivity contribution in [3.8, 4) is 0 Å². The summed E-state index contributed by atoms with van der Waals surface area (Å²) in [7, 11) is 1.40. The van der Waals surface area contributed by atoms with Crippen LogP contribution in [0.25, 0.3) is 0 Å². The van der Waals surface area contributed by atoms with Crippen molar-refractivity contribution in [3.63, 3.8) is 0 Å². The molecule has 112 valence electrons. The van der Waals surface area contributed by atoms with Gasteiger partial charge in [0.2, 0.25) is 5.88 Å². The number of hydrazone groups is 1. The zero-order chi connectivity index (χ0) is 15.5. The molecule has 0 unspecified atom stereocenters. The molecule has 1 aromatic heterocycles. The van der Waals surface area contributed by atoms with E-state index in [-0.39, 0.29) is 11.0 Å². The molecule has 1 rings (SSSR count). The molecule has 0 spiro atoms. The third kappa shape index (κ3) is 6.68. The van der Waals surface area contributed by atoms with Gasteiger partial charge in [0, 0.05) is 18.8 Å². The summed E-state index contributed by atoms with van der Waals surface area (Å²) in [5.41, 5.74) is 1.39. The molecule has 8 heteroatoms. The van der Waals surface area contributed by atoms with Crippen LogP contribution < -0.4 is 0 Å². The van der Waals surface area contributed by atoms with Crippen LogP contribution in [0.4, 0.5) is 8.78 Å². The molecule has 20 heavy (non-hydrogen) atoms. The fourth-order valence-corrected chi connectivity index (χ4v) is 1.33. The number of pyridine rings is 1. The molecule has 0 aromatic carbocycles. The van der Waals surface area contributed by atoms with Crippen LogP contribution in [0.1, 0.15) is 19.4 Å². The largest absolute Gasteiger partial charge is 0.416 e. The number of hydrogen-bond acceptors (Lipinski definition) is 4. The van der Waals surface area contributed by atoms with Crippen molar-refractivity contribution in [2.75, 3.05) is 7.05 Å².